The second kappa shape index (κ2) is 7.61. The van der Waals surface area contributed by atoms with Gasteiger partial charge in [-0.2, -0.15) is 0 Å². The van der Waals surface area contributed by atoms with Crippen molar-refractivity contribution < 1.29 is 23.1 Å². The number of nitrogens with one attached hydrogen (secondary N) is 1. The molecule has 8 heteroatoms. The van der Waals surface area contributed by atoms with Crippen molar-refractivity contribution >= 4 is 21.9 Å². The van der Waals surface area contributed by atoms with Crippen LogP contribution in [-0.4, -0.2) is 55.2 Å². The van der Waals surface area contributed by atoms with Gasteiger partial charge in [-0.1, -0.05) is 6.92 Å². The van der Waals surface area contributed by atoms with Crippen LogP contribution >= 0.6 is 0 Å². The molecule has 2 aliphatic rings. The molecular weight excluding hydrogens is 320 g/mol. The van der Waals surface area contributed by atoms with Gasteiger partial charge in [0.15, 0.2) is 0 Å². The number of piperidine rings is 1. The summed E-state index contributed by atoms with van der Waals surface area (Å²) >= 11 is 0. The summed E-state index contributed by atoms with van der Waals surface area (Å²) in [5, 5.41) is 9.04. The summed E-state index contributed by atoms with van der Waals surface area (Å²) in [6, 6.07) is -0.0860. The summed E-state index contributed by atoms with van der Waals surface area (Å²) in [5.41, 5.74) is 0. The second-order valence-corrected chi connectivity index (χ2v) is 8.60. The first-order valence-corrected chi connectivity index (χ1v) is 9.92. The van der Waals surface area contributed by atoms with E-state index in [4.69, 9.17) is 5.11 Å². The van der Waals surface area contributed by atoms with Crippen LogP contribution in [0.25, 0.3) is 0 Å². The Morgan fingerprint density at radius 2 is 1.83 bits per heavy atom. The molecule has 7 nitrogen and oxygen atoms in total. The Kier molecular flexibility index (Phi) is 6.02. The summed E-state index contributed by atoms with van der Waals surface area (Å²) in [6.45, 7) is 2.69. The molecule has 0 radical (unpaired) electrons. The Balaban J connectivity index is 1.86. The highest BCUT2D eigenvalue weighted by Gasteiger charge is 2.31. The Labute approximate surface area is 137 Å². The third-order valence-corrected chi connectivity index (χ3v) is 6.12. The average molecular weight is 346 g/mol. The molecule has 1 aliphatic heterocycles. The Bertz CT molecular complexity index is 540. The molecule has 1 unspecified atom stereocenters. The molecule has 0 aromatic carbocycles. The van der Waals surface area contributed by atoms with E-state index in [0.29, 0.717) is 25.3 Å². The smallest absolute Gasteiger partial charge is 0.308 e. The van der Waals surface area contributed by atoms with E-state index < -0.39 is 33.6 Å². The molecule has 0 aromatic heterocycles. The van der Waals surface area contributed by atoms with E-state index in [9.17, 15) is 18.0 Å². The number of hydrogen-bond donors (Lipinski definition) is 2. The van der Waals surface area contributed by atoms with Gasteiger partial charge in [-0.15, -0.1) is 0 Å². The van der Waals surface area contributed by atoms with Crippen LogP contribution in [0.15, 0.2) is 0 Å². The van der Waals surface area contributed by atoms with E-state index in [1.54, 1.807) is 0 Å². The van der Waals surface area contributed by atoms with Gasteiger partial charge in [-0.3, -0.25) is 9.59 Å². The number of likely N-dealkylation sites (tertiary alicyclic amines) is 1. The summed E-state index contributed by atoms with van der Waals surface area (Å²) in [6.07, 6.45) is 4.72. The largest absolute Gasteiger partial charge is 0.481 e. The summed E-state index contributed by atoms with van der Waals surface area (Å²) in [5.74, 6) is -2.00. The van der Waals surface area contributed by atoms with Crippen LogP contribution in [0, 0.1) is 11.8 Å². The number of sulfonamides is 1. The highest BCUT2D eigenvalue weighted by Crippen LogP contribution is 2.24. The van der Waals surface area contributed by atoms with E-state index >= 15 is 0 Å². The molecule has 0 bridgehead atoms. The van der Waals surface area contributed by atoms with Gasteiger partial charge in [0.2, 0.25) is 15.9 Å². The maximum Gasteiger partial charge on any atom is 0.308 e. The number of hydrogen-bond acceptors (Lipinski definition) is 4. The normalized spacial score (nSPS) is 29.3. The van der Waals surface area contributed by atoms with Crippen LogP contribution < -0.4 is 4.72 Å². The first-order valence-electron chi connectivity index (χ1n) is 8.27. The third-order valence-electron chi connectivity index (χ3n) is 4.80. The second-order valence-electron chi connectivity index (χ2n) is 6.85. The standard InChI is InChI=1S/C15H26N2O5S/c1-11-4-6-13(7-5-11)16-23(21,22)10-14(18)17-8-2-3-12(9-17)15(19)20/h11-13,16H,2-10H2,1H3,(H,19,20). The molecule has 1 heterocycles. The zero-order valence-electron chi connectivity index (χ0n) is 13.5. The Morgan fingerprint density at radius 3 is 2.43 bits per heavy atom. The van der Waals surface area contributed by atoms with Crippen LogP contribution in [0.4, 0.5) is 0 Å². The topological polar surface area (TPSA) is 104 Å². The van der Waals surface area contributed by atoms with Crippen molar-refractivity contribution in [3.63, 3.8) is 0 Å². The van der Waals surface area contributed by atoms with E-state index in [2.05, 4.69) is 11.6 Å². The molecule has 2 N–H and O–H groups in total. The molecule has 1 saturated carbocycles. The van der Waals surface area contributed by atoms with Crippen molar-refractivity contribution in [2.45, 2.75) is 51.5 Å². The van der Waals surface area contributed by atoms with E-state index in [1.807, 2.05) is 0 Å². The van der Waals surface area contributed by atoms with Gasteiger partial charge in [-0.05, 0) is 44.4 Å². The quantitative estimate of drug-likeness (QED) is 0.766. The van der Waals surface area contributed by atoms with Gasteiger partial charge in [0.25, 0.3) is 0 Å². The summed E-state index contributed by atoms with van der Waals surface area (Å²) < 4.78 is 27.0. The lowest BCUT2D eigenvalue weighted by Crippen LogP contribution is -2.47. The predicted molar refractivity (Wildman–Crippen MR) is 85.3 cm³/mol. The van der Waals surface area contributed by atoms with Crippen LogP contribution in [-0.2, 0) is 19.6 Å². The number of aliphatic carboxylic acids is 1. The minimum Gasteiger partial charge on any atom is -0.481 e. The summed E-state index contributed by atoms with van der Waals surface area (Å²) in [4.78, 5) is 24.6. The number of carboxylic acid groups (broad SMARTS) is 1. The van der Waals surface area contributed by atoms with Crippen molar-refractivity contribution in [1.29, 1.82) is 0 Å². The lowest BCUT2D eigenvalue weighted by atomic mass is 9.88. The first kappa shape index (κ1) is 18.2. The van der Waals surface area contributed by atoms with E-state index in [0.717, 1.165) is 25.7 Å². The number of nitrogens with zero attached hydrogens (tertiary/aromatic N) is 1. The molecular formula is C15H26N2O5S. The van der Waals surface area contributed by atoms with Crippen LogP contribution in [0.3, 0.4) is 0 Å². The van der Waals surface area contributed by atoms with Gasteiger partial charge >= 0.3 is 5.97 Å². The number of carbonyl (C=O) groups excluding carboxylic acids is 1. The summed E-state index contributed by atoms with van der Waals surface area (Å²) in [7, 11) is -3.67. The van der Waals surface area contributed by atoms with Crippen molar-refractivity contribution in [3.8, 4) is 0 Å². The molecule has 0 aromatic rings. The average Bonchev–Trinajstić information content (AvgIpc) is 2.49. The van der Waals surface area contributed by atoms with Gasteiger partial charge < -0.3 is 10.0 Å². The number of carboxylic acids is 1. The Morgan fingerprint density at radius 1 is 1.17 bits per heavy atom. The number of amides is 1. The lowest BCUT2D eigenvalue weighted by molar-refractivity contribution is -0.145. The minimum atomic E-state index is -3.67. The molecule has 0 spiro atoms. The zero-order chi connectivity index (χ0) is 17.0. The molecule has 1 aliphatic carbocycles. The fraction of sp³-hybridized carbons (Fsp3) is 0.867. The van der Waals surface area contributed by atoms with Crippen LogP contribution in [0.2, 0.25) is 0 Å². The lowest BCUT2D eigenvalue weighted by Gasteiger charge is -2.31. The number of rotatable bonds is 5. The molecule has 23 heavy (non-hydrogen) atoms. The molecule has 1 saturated heterocycles. The van der Waals surface area contributed by atoms with Gasteiger partial charge in [0, 0.05) is 19.1 Å². The fourth-order valence-corrected chi connectivity index (χ4v) is 4.67. The molecule has 2 rings (SSSR count). The van der Waals surface area contributed by atoms with Crippen molar-refractivity contribution in [3.05, 3.63) is 0 Å². The SMILES string of the molecule is CC1CCC(NS(=O)(=O)CC(=O)N2CCCC(C(=O)O)C2)CC1. The van der Waals surface area contributed by atoms with E-state index in [1.165, 1.54) is 4.90 Å². The zero-order valence-corrected chi connectivity index (χ0v) is 14.3. The van der Waals surface area contributed by atoms with Gasteiger partial charge in [0.1, 0.15) is 5.75 Å². The third kappa shape index (κ3) is 5.46. The van der Waals surface area contributed by atoms with Crippen LogP contribution in [0.1, 0.15) is 45.4 Å². The van der Waals surface area contributed by atoms with Crippen molar-refractivity contribution in [2.24, 2.45) is 11.8 Å². The van der Waals surface area contributed by atoms with E-state index in [-0.39, 0.29) is 12.6 Å². The molecule has 132 valence electrons. The van der Waals surface area contributed by atoms with Gasteiger partial charge in [0.05, 0.1) is 5.92 Å². The maximum absolute atomic E-state index is 12.2. The van der Waals surface area contributed by atoms with Gasteiger partial charge in [-0.25, -0.2) is 13.1 Å². The first-order chi connectivity index (χ1) is 10.8. The van der Waals surface area contributed by atoms with Crippen molar-refractivity contribution in [1.82, 2.24) is 9.62 Å². The number of carbonyl (C=O) groups is 2. The molecule has 1 amide bonds. The van der Waals surface area contributed by atoms with Crippen LogP contribution in [0.5, 0.6) is 0 Å². The fourth-order valence-electron chi connectivity index (χ4n) is 3.33. The maximum atomic E-state index is 12.2. The Hall–Kier alpha value is -1.15. The monoisotopic (exact) mass is 346 g/mol. The molecule has 2 fully saturated rings. The highest BCUT2D eigenvalue weighted by atomic mass is 32.2. The molecule has 1 atom stereocenters. The minimum absolute atomic E-state index is 0.0860. The van der Waals surface area contributed by atoms with Crippen molar-refractivity contribution in [2.75, 3.05) is 18.8 Å². The highest BCUT2D eigenvalue weighted by molar-refractivity contribution is 7.90. The predicted octanol–water partition coefficient (Wildman–Crippen LogP) is 0.808.